The lowest BCUT2D eigenvalue weighted by molar-refractivity contribution is -0.134. The van der Waals surface area contributed by atoms with Crippen molar-refractivity contribution in [3.8, 4) is 0 Å². The van der Waals surface area contributed by atoms with Crippen molar-refractivity contribution in [2.75, 3.05) is 0 Å². The maximum Gasteiger partial charge on any atom is 0.328 e. The third kappa shape index (κ3) is 7.46. The fourth-order valence-electron chi connectivity index (χ4n) is 2.47. The summed E-state index contributed by atoms with van der Waals surface area (Å²) in [6.45, 7) is 4.22. The molecule has 0 heterocycles. The first kappa shape index (κ1) is 20.1. The van der Waals surface area contributed by atoms with Crippen molar-refractivity contribution >= 4 is 11.9 Å². The van der Waals surface area contributed by atoms with Crippen molar-refractivity contribution in [3.63, 3.8) is 0 Å². The molecule has 0 aromatic heterocycles. The van der Waals surface area contributed by atoms with E-state index < -0.39 is 11.9 Å². The van der Waals surface area contributed by atoms with E-state index in [4.69, 9.17) is 15.9 Å². The smallest absolute Gasteiger partial charge is 0.328 e. The van der Waals surface area contributed by atoms with Crippen molar-refractivity contribution in [3.05, 3.63) is 83.4 Å². The topological polar surface area (TPSA) is 101 Å². The van der Waals surface area contributed by atoms with Gasteiger partial charge in [-0.3, -0.25) is 0 Å². The second-order valence-electron chi connectivity index (χ2n) is 5.90. The van der Waals surface area contributed by atoms with E-state index in [9.17, 15) is 9.59 Å². The highest BCUT2D eigenvalue weighted by Gasteiger charge is 2.22. The highest BCUT2D eigenvalue weighted by molar-refractivity contribution is 5.89. The maximum atomic E-state index is 9.55. The fourth-order valence-corrected chi connectivity index (χ4v) is 2.47. The second kappa shape index (κ2) is 9.39. The number of carboxylic acids is 2. The van der Waals surface area contributed by atoms with E-state index in [1.54, 1.807) is 0 Å². The zero-order valence-electron chi connectivity index (χ0n) is 14.3. The van der Waals surface area contributed by atoms with Gasteiger partial charge in [0.2, 0.25) is 0 Å². The van der Waals surface area contributed by atoms with Gasteiger partial charge in [-0.05, 0) is 37.0 Å². The molecular formula is C20H23NO4. The Kier molecular flexibility index (Phi) is 7.56. The molecule has 0 radical (unpaired) electrons. The minimum Gasteiger partial charge on any atom is -0.478 e. The molecule has 0 fully saturated rings. The molecule has 0 spiro atoms. The zero-order chi connectivity index (χ0) is 18.9. The molecule has 0 saturated heterocycles. The Hall–Kier alpha value is -2.92. The number of carbonyl (C=O) groups is 2. The van der Waals surface area contributed by atoms with Gasteiger partial charge in [0.1, 0.15) is 0 Å². The van der Waals surface area contributed by atoms with Gasteiger partial charge in [0.15, 0.2) is 0 Å². The third-order valence-electron chi connectivity index (χ3n) is 3.54. The van der Waals surface area contributed by atoms with Gasteiger partial charge in [-0.2, -0.15) is 0 Å². The molecule has 2 aromatic rings. The largest absolute Gasteiger partial charge is 0.478 e. The highest BCUT2D eigenvalue weighted by atomic mass is 16.4. The molecule has 0 amide bonds. The molecule has 2 rings (SSSR count). The number of aryl methyl sites for hydroxylation is 1. The standard InChI is InChI=1S/C16H19N.C4H4O4/c1-13-8-6-7-11-15(13)16(2,17)12-14-9-4-3-5-10-14;5-3(6)1-2-4(7)8/h3-11H,12,17H2,1-2H3;1-2H,(H,5,6)(H,7,8)/b;2-1+. The van der Waals surface area contributed by atoms with Crippen LogP contribution in [0, 0.1) is 6.92 Å². The predicted octanol–water partition coefficient (Wildman–Crippen LogP) is 3.12. The zero-order valence-corrected chi connectivity index (χ0v) is 14.3. The molecule has 0 aliphatic heterocycles. The number of carboxylic acid groups (broad SMARTS) is 2. The van der Waals surface area contributed by atoms with E-state index in [0.29, 0.717) is 12.2 Å². The molecule has 1 unspecified atom stereocenters. The van der Waals surface area contributed by atoms with Crippen LogP contribution in [0.1, 0.15) is 23.6 Å². The summed E-state index contributed by atoms with van der Waals surface area (Å²) in [7, 11) is 0. The number of aliphatic carboxylic acids is 2. The number of rotatable bonds is 5. The summed E-state index contributed by atoms with van der Waals surface area (Å²) >= 11 is 0. The summed E-state index contributed by atoms with van der Waals surface area (Å²) < 4.78 is 0. The lowest BCUT2D eigenvalue weighted by Crippen LogP contribution is -2.36. The molecule has 0 aliphatic rings. The van der Waals surface area contributed by atoms with Crippen LogP contribution in [0.5, 0.6) is 0 Å². The SMILES string of the molecule is Cc1ccccc1C(C)(N)Cc1ccccc1.O=C(O)/C=C/C(=O)O. The van der Waals surface area contributed by atoms with Gasteiger partial charge in [-0.25, -0.2) is 9.59 Å². The van der Waals surface area contributed by atoms with Gasteiger partial charge in [-0.15, -0.1) is 0 Å². The van der Waals surface area contributed by atoms with E-state index in [-0.39, 0.29) is 5.54 Å². The van der Waals surface area contributed by atoms with E-state index >= 15 is 0 Å². The summed E-state index contributed by atoms with van der Waals surface area (Å²) in [5.41, 5.74) is 9.92. The van der Waals surface area contributed by atoms with Crippen molar-refractivity contribution in [2.45, 2.75) is 25.8 Å². The Morgan fingerprint density at radius 3 is 1.92 bits per heavy atom. The van der Waals surface area contributed by atoms with Crippen LogP contribution in [0.3, 0.4) is 0 Å². The number of hydrogen-bond acceptors (Lipinski definition) is 3. The molecular weight excluding hydrogens is 318 g/mol. The van der Waals surface area contributed by atoms with E-state index in [0.717, 1.165) is 6.42 Å². The Morgan fingerprint density at radius 1 is 0.960 bits per heavy atom. The van der Waals surface area contributed by atoms with Gasteiger partial charge in [0.25, 0.3) is 0 Å². The Bertz CT molecular complexity index is 720. The van der Waals surface area contributed by atoms with Crippen LogP contribution >= 0.6 is 0 Å². The molecule has 0 aliphatic carbocycles. The molecule has 132 valence electrons. The summed E-state index contributed by atoms with van der Waals surface area (Å²) in [5.74, 6) is -2.51. The predicted molar refractivity (Wildman–Crippen MR) is 97.3 cm³/mol. The quantitative estimate of drug-likeness (QED) is 0.725. The van der Waals surface area contributed by atoms with E-state index in [1.807, 2.05) is 6.07 Å². The minimum absolute atomic E-state index is 0.313. The molecule has 0 bridgehead atoms. The first-order valence-corrected chi connectivity index (χ1v) is 7.75. The van der Waals surface area contributed by atoms with Crippen LogP contribution < -0.4 is 5.73 Å². The van der Waals surface area contributed by atoms with Crippen molar-refractivity contribution in [1.29, 1.82) is 0 Å². The van der Waals surface area contributed by atoms with Crippen LogP contribution in [0.15, 0.2) is 66.7 Å². The lowest BCUT2D eigenvalue weighted by atomic mass is 9.84. The highest BCUT2D eigenvalue weighted by Crippen LogP contribution is 2.25. The molecule has 4 N–H and O–H groups in total. The first-order chi connectivity index (χ1) is 11.7. The van der Waals surface area contributed by atoms with Gasteiger partial charge in [-0.1, -0.05) is 54.6 Å². The van der Waals surface area contributed by atoms with Crippen LogP contribution in [-0.4, -0.2) is 22.2 Å². The fraction of sp³-hybridized carbons (Fsp3) is 0.200. The van der Waals surface area contributed by atoms with Crippen molar-refractivity contribution < 1.29 is 19.8 Å². The molecule has 5 nitrogen and oxygen atoms in total. The van der Waals surface area contributed by atoms with E-state index in [2.05, 4.69) is 62.4 Å². The number of benzene rings is 2. The minimum atomic E-state index is -1.26. The third-order valence-corrected chi connectivity index (χ3v) is 3.54. The summed E-state index contributed by atoms with van der Waals surface area (Å²) in [4.78, 5) is 19.1. The maximum absolute atomic E-state index is 9.55. The van der Waals surface area contributed by atoms with Gasteiger partial charge >= 0.3 is 11.9 Å². The van der Waals surface area contributed by atoms with Gasteiger partial charge in [0.05, 0.1) is 0 Å². The van der Waals surface area contributed by atoms with Crippen LogP contribution in [-0.2, 0) is 21.5 Å². The molecule has 5 heteroatoms. The lowest BCUT2D eigenvalue weighted by Gasteiger charge is -2.27. The average molecular weight is 341 g/mol. The van der Waals surface area contributed by atoms with E-state index in [1.165, 1.54) is 16.7 Å². The summed E-state index contributed by atoms with van der Waals surface area (Å²) in [6.07, 6.45) is 1.98. The Morgan fingerprint density at radius 2 is 1.44 bits per heavy atom. The normalized spacial score (nSPS) is 12.8. The van der Waals surface area contributed by atoms with Crippen molar-refractivity contribution in [1.82, 2.24) is 0 Å². The summed E-state index contributed by atoms with van der Waals surface area (Å²) in [5, 5.41) is 15.6. The molecule has 0 saturated carbocycles. The van der Waals surface area contributed by atoms with Crippen LogP contribution in [0.25, 0.3) is 0 Å². The molecule has 2 aromatic carbocycles. The van der Waals surface area contributed by atoms with Crippen molar-refractivity contribution in [2.24, 2.45) is 5.73 Å². The average Bonchev–Trinajstić information content (AvgIpc) is 2.54. The van der Waals surface area contributed by atoms with Crippen LogP contribution in [0.2, 0.25) is 0 Å². The Balaban J connectivity index is 0.000000333. The number of nitrogens with two attached hydrogens (primary N) is 1. The van der Waals surface area contributed by atoms with Crippen LogP contribution in [0.4, 0.5) is 0 Å². The second-order valence-corrected chi connectivity index (χ2v) is 5.90. The monoisotopic (exact) mass is 341 g/mol. The number of hydrogen-bond donors (Lipinski definition) is 3. The Labute approximate surface area is 147 Å². The van der Waals surface area contributed by atoms with Gasteiger partial charge in [0, 0.05) is 17.7 Å². The van der Waals surface area contributed by atoms with Gasteiger partial charge < -0.3 is 15.9 Å². The molecule has 1 atom stereocenters. The summed E-state index contributed by atoms with van der Waals surface area (Å²) in [6, 6.07) is 18.8. The molecule has 25 heavy (non-hydrogen) atoms. The first-order valence-electron chi connectivity index (χ1n) is 7.75.